The van der Waals surface area contributed by atoms with Gasteiger partial charge in [-0.05, 0) is 55.7 Å². The lowest BCUT2D eigenvalue weighted by Crippen LogP contribution is -2.52. The first-order chi connectivity index (χ1) is 18.0. The quantitative estimate of drug-likeness (QED) is 0.442. The number of nitrogens with zero attached hydrogens (tertiary/aromatic N) is 2. The van der Waals surface area contributed by atoms with Gasteiger partial charge in [0, 0.05) is 12.6 Å². The van der Waals surface area contributed by atoms with Gasteiger partial charge in [0.15, 0.2) is 0 Å². The monoisotopic (exact) mass is 565 g/mol. The number of amides is 2. The van der Waals surface area contributed by atoms with Crippen LogP contribution in [0.3, 0.4) is 0 Å². The molecule has 1 N–H and O–H groups in total. The smallest absolute Gasteiger partial charge is 0.244 e. The Bertz CT molecular complexity index is 1230. The summed E-state index contributed by atoms with van der Waals surface area (Å²) in [5, 5.41) is 3.28. The molecule has 0 saturated heterocycles. The van der Waals surface area contributed by atoms with Gasteiger partial charge in [-0.1, -0.05) is 43.0 Å². The SMILES string of the molecule is COc1cccc(CN(C(=O)CN(c2ccc(OC)c(Cl)c2)S(C)(=O)=O)C(C)C(=O)NC2CCCCC2)c1. The van der Waals surface area contributed by atoms with E-state index in [-0.39, 0.29) is 29.2 Å². The fraction of sp³-hybridized carbons (Fsp3) is 0.481. The highest BCUT2D eigenvalue weighted by molar-refractivity contribution is 7.92. The highest BCUT2D eigenvalue weighted by Crippen LogP contribution is 2.30. The van der Waals surface area contributed by atoms with Crippen molar-refractivity contribution in [1.82, 2.24) is 10.2 Å². The minimum absolute atomic E-state index is 0.0708. The summed E-state index contributed by atoms with van der Waals surface area (Å²) in [5.74, 6) is 0.186. The zero-order valence-corrected chi connectivity index (χ0v) is 23.8. The fourth-order valence-electron chi connectivity index (χ4n) is 4.54. The zero-order chi connectivity index (χ0) is 27.9. The molecule has 2 aromatic rings. The average molecular weight is 566 g/mol. The van der Waals surface area contributed by atoms with E-state index < -0.39 is 28.5 Å². The molecule has 0 bridgehead atoms. The zero-order valence-electron chi connectivity index (χ0n) is 22.3. The van der Waals surface area contributed by atoms with Gasteiger partial charge in [-0.2, -0.15) is 0 Å². The molecule has 9 nitrogen and oxygen atoms in total. The van der Waals surface area contributed by atoms with Crippen LogP contribution >= 0.6 is 11.6 Å². The van der Waals surface area contributed by atoms with E-state index in [4.69, 9.17) is 21.1 Å². The highest BCUT2D eigenvalue weighted by atomic mass is 35.5. The van der Waals surface area contributed by atoms with E-state index in [1.165, 1.54) is 30.2 Å². The van der Waals surface area contributed by atoms with Crippen LogP contribution < -0.4 is 19.1 Å². The topological polar surface area (TPSA) is 105 Å². The van der Waals surface area contributed by atoms with Crippen molar-refractivity contribution >= 4 is 39.1 Å². The van der Waals surface area contributed by atoms with Crippen molar-refractivity contribution < 1.29 is 27.5 Å². The summed E-state index contributed by atoms with van der Waals surface area (Å²) < 4.78 is 36.9. The summed E-state index contributed by atoms with van der Waals surface area (Å²) in [4.78, 5) is 28.4. The number of nitrogens with one attached hydrogen (secondary N) is 1. The van der Waals surface area contributed by atoms with Gasteiger partial charge in [0.05, 0.1) is 31.2 Å². The van der Waals surface area contributed by atoms with E-state index in [2.05, 4.69) is 5.32 Å². The first kappa shape index (κ1) is 29.6. The van der Waals surface area contributed by atoms with Crippen molar-refractivity contribution in [2.45, 2.75) is 57.7 Å². The van der Waals surface area contributed by atoms with Crippen molar-refractivity contribution in [3.05, 3.63) is 53.1 Å². The molecular formula is C27H36ClN3O6S. The summed E-state index contributed by atoms with van der Waals surface area (Å²) in [6, 6.07) is 10.9. The lowest BCUT2D eigenvalue weighted by atomic mass is 9.95. The van der Waals surface area contributed by atoms with Crippen molar-refractivity contribution in [3.8, 4) is 11.5 Å². The van der Waals surface area contributed by atoms with E-state index in [0.29, 0.717) is 11.5 Å². The number of benzene rings is 2. The molecule has 0 spiro atoms. The number of sulfonamides is 1. The normalized spacial score (nSPS) is 14.9. The van der Waals surface area contributed by atoms with Crippen molar-refractivity contribution in [2.75, 3.05) is 31.3 Å². The molecule has 0 aromatic heterocycles. The van der Waals surface area contributed by atoms with Crippen LogP contribution in [0.4, 0.5) is 5.69 Å². The molecule has 0 heterocycles. The van der Waals surface area contributed by atoms with E-state index in [9.17, 15) is 18.0 Å². The number of carbonyl (C=O) groups excluding carboxylic acids is 2. The maximum absolute atomic E-state index is 13.7. The number of anilines is 1. The Labute approximate surface area is 230 Å². The van der Waals surface area contributed by atoms with Crippen LogP contribution in [-0.2, 0) is 26.2 Å². The Kier molecular flexibility index (Phi) is 10.3. The predicted molar refractivity (Wildman–Crippen MR) is 148 cm³/mol. The molecule has 2 amide bonds. The molecule has 1 fully saturated rings. The Balaban J connectivity index is 1.90. The van der Waals surface area contributed by atoms with Gasteiger partial charge in [0.2, 0.25) is 21.8 Å². The minimum Gasteiger partial charge on any atom is -0.497 e. The number of carbonyl (C=O) groups is 2. The van der Waals surface area contributed by atoms with E-state index in [1.807, 2.05) is 6.07 Å². The summed E-state index contributed by atoms with van der Waals surface area (Å²) in [6.07, 6.45) is 6.09. The van der Waals surface area contributed by atoms with E-state index in [0.717, 1.165) is 48.2 Å². The second kappa shape index (κ2) is 13.2. The van der Waals surface area contributed by atoms with Gasteiger partial charge in [-0.25, -0.2) is 8.42 Å². The Morgan fingerprint density at radius 3 is 2.39 bits per heavy atom. The second-order valence-corrected chi connectivity index (χ2v) is 11.8. The molecule has 1 aliphatic carbocycles. The minimum atomic E-state index is -3.87. The molecule has 2 aromatic carbocycles. The third-order valence-electron chi connectivity index (χ3n) is 6.71. The van der Waals surface area contributed by atoms with Crippen molar-refractivity contribution in [1.29, 1.82) is 0 Å². The lowest BCUT2D eigenvalue weighted by Gasteiger charge is -2.33. The summed E-state index contributed by atoms with van der Waals surface area (Å²) in [5.41, 5.74) is 0.959. The number of hydrogen-bond acceptors (Lipinski definition) is 6. The number of rotatable bonds is 11. The number of methoxy groups -OCH3 is 2. The summed E-state index contributed by atoms with van der Waals surface area (Å²) >= 11 is 6.24. The molecule has 0 radical (unpaired) electrons. The average Bonchev–Trinajstić information content (AvgIpc) is 2.89. The van der Waals surface area contributed by atoms with Crippen LogP contribution in [0, 0.1) is 0 Å². The van der Waals surface area contributed by atoms with Gasteiger partial charge >= 0.3 is 0 Å². The first-order valence-electron chi connectivity index (χ1n) is 12.6. The van der Waals surface area contributed by atoms with Crippen LogP contribution in [0.1, 0.15) is 44.6 Å². The third kappa shape index (κ3) is 7.77. The third-order valence-corrected chi connectivity index (χ3v) is 8.14. The number of hydrogen-bond donors (Lipinski definition) is 1. The molecule has 1 unspecified atom stereocenters. The van der Waals surface area contributed by atoms with Crippen LogP contribution in [0.25, 0.3) is 0 Å². The van der Waals surface area contributed by atoms with Crippen LogP contribution in [0.2, 0.25) is 5.02 Å². The maximum atomic E-state index is 13.7. The Morgan fingerprint density at radius 1 is 1.08 bits per heavy atom. The van der Waals surface area contributed by atoms with Crippen molar-refractivity contribution in [2.24, 2.45) is 0 Å². The number of halogens is 1. The first-order valence-corrected chi connectivity index (χ1v) is 14.8. The van der Waals surface area contributed by atoms with Gasteiger partial charge in [0.1, 0.15) is 24.1 Å². The largest absolute Gasteiger partial charge is 0.497 e. The van der Waals surface area contributed by atoms with Crippen LogP contribution in [0.15, 0.2) is 42.5 Å². The maximum Gasteiger partial charge on any atom is 0.244 e. The van der Waals surface area contributed by atoms with Crippen LogP contribution in [0.5, 0.6) is 11.5 Å². The van der Waals surface area contributed by atoms with Gasteiger partial charge < -0.3 is 19.7 Å². The highest BCUT2D eigenvalue weighted by Gasteiger charge is 2.31. The second-order valence-electron chi connectivity index (χ2n) is 9.48. The summed E-state index contributed by atoms with van der Waals surface area (Å²) in [6.45, 7) is 1.24. The van der Waals surface area contributed by atoms with E-state index in [1.54, 1.807) is 32.2 Å². The molecule has 1 atom stereocenters. The van der Waals surface area contributed by atoms with Gasteiger partial charge in [0.25, 0.3) is 0 Å². The van der Waals surface area contributed by atoms with Gasteiger partial charge in [-0.3, -0.25) is 13.9 Å². The number of ether oxygens (including phenoxy) is 2. The molecule has 1 saturated carbocycles. The molecule has 1 aliphatic rings. The molecule has 11 heteroatoms. The van der Waals surface area contributed by atoms with Crippen molar-refractivity contribution in [3.63, 3.8) is 0 Å². The Morgan fingerprint density at radius 2 is 1.79 bits per heavy atom. The Hall–Kier alpha value is -2.98. The molecule has 38 heavy (non-hydrogen) atoms. The fourth-order valence-corrected chi connectivity index (χ4v) is 5.64. The van der Waals surface area contributed by atoms with E-state index >= 15 is 0 Å². The predicted octanol–water partition coefficient (Wildman–Crippen LogP) is 3.99. The van der Waals surface area contributed by atoms with Gasteiger partial charge in [-0.15, -0.1) is 0 Å². The molecule has 208 valence electrons. The molecule has 0 aliphatic heterocycles. The molecule has 3 rings (SSSR count). The van der Waals surface area contributed by atoms with Crippen LogP contribution in [-0.4, -0.2) is 64.2 Å². The summed E-state index contributed by atoms with van der Waals surface area (Å²) in [7, 11) is -0.868. The lowest BCUT2D eigenvalue weighted by molar-refractivity contribution is -0.139. The molecular weight excluding hydrogens is 530 g/mol. The standard InChI is InChI=1S/C27H36ClN3O6S/c1-19(27(33)29-21-10-6-5-7-11-21)30(17-20-9-8-12-23(15-20)36-2)26(32)18-31(38(4,34)35)22-13-14-25(37-3)24(28)16-22/h8-9,12-16,19,21H,5-7,10-11,17-18H2,1-4H3,(H,29,33).